The standard InChI is InChI=1S/C9H5FN2O/c10-8-3-6(5-12)4-9(13)7(8)1-2-11/h3-4,13H,1H2. The maximum atomic E-state index is 13.0. The number of phenolic OH excluding ortho intramolecular Hbond substituents is 1. The number of nitriles is 2. The highest BCUT2D eigenvalue weighted by Gasteiger charge is 2.09. The summed E-state index contributed by atoms with van der Waals surface area (Å²) in [5, 5.41) is 25.9. The Labute approximate surface area is 74.3 Å². The van der Waals surface area contributed by atoms with E-state index in [-0.39, 0.29) is 23.3 Å². The fourth-order valence-electron chi connectivity index (χ4n) is 0.941. The molecule has 0 saturated heterocycles. The summed E-state index contributed by atoms with van der Waals surface area (Å²) in [6.45, 7) is 0. The van der Waals surface area contributed by atoms with Crippen molar-refractivity contribution in [2.75, 3.05) is 0 Å². The molecule has 3 nitrogen and oxygen atoms in total. The average molecular weight is 176 g/mol. The molecule has 0 aliphatic heterocycles. The summed E-state index contributed by atoms with van der Waals surface area (Å²) in [5.74, 6) is -1.07. The van der Waals surface area contributed by atoms with Crippen molar-refractivity contribution in [1.82, 2.24) is 0 Å². The highest BCUT2D eigenvalue weighted by Crippen LogP contribution is 2.22. The number of hydrogen-bond donors (Lipinski definition) is 1. The second-order valence-corrected chi connectivity index (χ2v) is 2.40. The van der Waals surface area contributed by atoms with E-state index in [0.29, 0.717) is 0 Å². The molecule has 4 heteroatoms. The van der Waals surface area contributed by atoms with Crippen LogP contribution in [0.1, 0.15) is 11.1 Å². The van der Waals surface area contributed by atoms with Crippen molar-refractivity contribution in [1.29, 1.82) is 10.5 Å². The summed E-state index contributed by atoms with van der Waals surface area (Å²) in [5.41, 5.74) is -0.0295. The van der Waals surface area contributed by atoms with Crippen molar-refractivity contribution in [3.8, 4) is 17.9 Å². The Kier molecular flexibility index (Phi) is 2.47. The summed E-state index contributed by atoms with van der Waals surface area (Å²) in [4.78, 5) is 0. The van der Waals surface area contributed by atoms with Crippen molar-refractivity contribution in [3.05, 3.63) is 29.1 Å². The average Bonchev–Trinajstić information content (AvgIpc) is 2.11. The van der Waals surface area contributed by atoms with E-state index in [9.17, 15) is 9.50 Å². The van der Waals surface area contributed by atoms with E-state index < -0.39 is 5.82 Å². The lowest BCUT2D eigenvalue weighted by atomic mass is 10.1. The van der Waals surface area contributed by atoms with Gasteiger partial charge in [-0.1, -0.05) is 0 Å². The van der Waals surface area contributed by atoms with Crippen LogP contribution in [0.3, 0.4) is 0 Å². The Morgan fingerprint density at radius 2 is 2.08 bits per heavy atom. The summed E-state index contributed by atoms with van der Waals surface area (Å²) in [6, 6.07) is 5.54. The molecule has 0 radical (unpaired) electrons. The summed E-state index contributed by atoms with van der Waals surface area (Å²) in [6.07, 6.45) is -0.205. The van der Waals surface area contributed by atoms with Gasteiger partial charge in [0.25, 0.3) is 0 Å². The molecule has 0 aliphatic rings. The predicted molar refractivity (Wildman–Crippen MR) is 42.1 cm³/mol. The highest BCUT2D eigenvalue weighted by molar-refractivity contribution is 5.43. The first-order valence-corrected chi connectivity index (χ1v) is 3.47. The Morgan fingerprint density at radius 1 is 1.38 bits per heavy atom. The summed E-state index contributed by atoms with van der Waals surface area (Å²) >= 11 is 0. The second-order valence-electron chi connectivity index (χ2n) is 2.40. The molecule has 1 aromatic rings. The van der Waals surface area contributed by atoms with Gasteiger partial charge in [-0.25, -0.2) is 4.39 Å². The zero-order valence-electron chi connectivity index (χ0n) is 6.58. The van der Waals surface area contributed by atoms with Crippen molar-refractivity contribution in [3.63, 3.8) is 0 Å². The normalized spacial score (nSPS) is 8.85. The van der Waals surface area contributed by atoms with Crippen LogP contribution in [0.15, 0.2) is 12.1 Å². The van der Waals surface area contributed by atoms with E-state index in [1.165, 1.54) is 0 Å². The molecule has 1 rings (SSSR count). The summed E-state index contributed by atoms with van der Waals surface area (Å²) in [7, 11) is 0. The number of phenols is 1. The lowest BCUT2D eigenvalue weighted by Crippen LogP contribution is -1.91. The van der Waals surface area contributed by atoms with Gasteiger partial charge in [0.1, 0.15) is 11.6 Å². The zero-order chi connectivity index (χ0) is 9.84. The molecule has 1 aromatic carbocycles. The number of nitrogens with zero attached hydrogens (tertiary/aromatic N) is 2. The maximum Gasteiger partial charge on any atom is 0.132 e. The molecule has 0 atom stereocenters. The van der Waals surface area contributed by atoms with Crippen LogP contribution in [0.25, 0.3) is 0 Å². The van der Waals surface area contributed by atoms with Crippen LogP contribution in [0.5, 0.6) is 5.75 Å². The smallest absolute Gasteiger partial charge is 0.132 e. The van der Waals surface area contributed by atoms with Crippen LogP contribution >= 0.6 is 0 Å². The second kappa shape index (κ2) is 3.55. The highest BCUT2D eigenvalue weighted by atomic mass is 19.1. The van der Waals surface area contributed by atoms with E-state index in [4.69, 9.17) is 10.5 Å². The molecule has 0 aliphatic carbocycles. The van der Waals surface area contributed by atoms with Crippen molar-refractivity contribution in [2.45, 2.75) is 6.42 Å². The quantitative estimate of drug-likeness (QED) is 0.704. The molecule has 0 unspecified atom stereocenters. The largest absolute Gasteiger partial charge is 0.507 e. The number of benzene rings is 1. The first kappa shape index (κ1) is 9.02. The first-order valence-electron chi connectivity index (χ1n) is 3.47. The molecular weight excluding hydrogens is 171 g/mol. The minimum atomic E-state index is -0.724. The molecule has 64 valence electrons. The van der Waals surface area contributed by atoms with Crippen LogP contribution in [-0.4, -0.2) is 5.11 Å². The molecule has 0 saturated carbocycles. The van der Waals surface area contributed by atoms with Gasteiger partial charge in [-0.3, -0.25) is 0 Å². The van der Waals surface area contributed by atoms with Crippen LogP contribution in [0.2, 0.25) is 0 Å². The van der Waals surface area contributed by atoms with Gasteiger partial charge in [-0.15, -0.1) is 0 Å². The van der Waals surface area contributed by atoms with Gasteiger partial charge in [-0.05, 0) is 12.1 Å². The van der Waals surface area contributed by atoms with E-state index in [0.717, 1.165) is 12.1 Å². The fraction of sp³-hybridized carbons (Fsp3) is 0.111. The van der Waals surface area contributed by atoms with Gasteiger partial charge in [-0.2, -0.15) is 10.5 Å². The Morgan fingerprint density at radius 3 is 2.54 bits per heavy atom. The van der Waals surface area contributed by atoms with Crippen LogP contribution < -0.4 is 0 Å². The van der Waals surface area contributed by atoms with Crippen molar-refractivity contribution in [2.24, 2.45) is 0 Å². The molecule has 0 spiro atoms. The van der Waals surface area contributed by atoms with Gasteiger partial charge in [0, 0.05) is 5.56 Å². The minimum Gasteiger partial charge on any atom is -0.507 e. The fourth-order valence-corrected chi connectivity index (χ4v) is 0.941. The van der Waals surface area contributed by atoms with Gasteiger partial charge in [0.15, 0.2) is 0 Å². The van der Waals surface area contributed by atoms with Gasteiger partial charge >= 0.3 is 0 Å². The van der Waals surface area contributed by atoms with E-state index in [1.807, 2.05) is 0 Å². The topological polar surface area (TPSA) is 67.8 Å². The van der Waals surface area contributed by atoms with E-state index in [2.05, 4.69) is 0 Å². The number of rotatable bonds is 1. The Hall–Kier alpha value is -2.07. The SMILES string of the molecule is N#CCc1c(O)cc(C#N)cc1F. The maximum absolute atomic E-state index is 13.0. The van der Waals surface area contributed by atoms with Gasteiger partial charge in [0.2, 0.25) is 0 Å². The Balaban J connectivity index is 3.26. The molecule has 0 heterocycles. The summed E-state index contributed by atoms with van der Waals surface area (Å²) < 4.78 is 13.0. The van der Waals surface area contributed by atoms with Gasteiger partial charge in [0.05, 0.1) is 24.1 Å². The Bertz CT molecular complexity index is 392. The molecule has 13 heavy (non-hydrogen) atoms. The van der Waals surface area contributed by atoms with Gasteiger partial charge < -0.3 is 5.11 Å². The number of hydrogen-bond acceptors (Lipinski definition) is 3. The van der Waals surface area contributed by atoms with Crippen molar-refractivity contribution >= 4 is 0 Å². The molecule has 0 fully saturated rings. The van der Waals surface area contributed by atoms with Crippen molar-refractivity contribution < 1.29 is 9.50 Å². The molecule has 1 N–H and O–H groups in total. The third-order valence-electron chi connectivity index (χ3n) is 1.56. The molecule has 0 amide bonds. The predicted octanol–water partition coefficient (Wildman–Crippen LogP) is 1.47. The van der Waals surface area contributed by atoms with Crippen LogP contribution in [-0.2, 0) is 6.42 Å². The van der Waals surface area contributed by atoms with Crippen LogP contribution in [0.4, 0.5) is 4.39 Å². The van der Waals surface area contributed by atoms with E-state index in [1.54, 1.807) is 12.1 Å². The van der Waals surface area contributed by atoms with Crippen LogP contribution in [0, 0.1) is 28.5 Å². The number of aromatic hydroxyl groups is 1. The molecular formula is C9H5FN2O. The zero-order valence-corrected chi connectivity index (χ0v) is 6.58. The minimum absolute atomic E-state index is 0.0386. The lowest BCUT2D eigenvalue weighted by Gasteiger charge is -2.01. The number of halogens is 1. The lowest BCUT2D eigenvalue weighted by molar-refractivity contribution is 0.461. The van der Waals surface area contributed by atoms with E-state index >= 15 is 0 Å². The third kappa shape index (κ3) is 1.74. The molecule has 0 bridgehead atoms. The molecule has 0 aromatic heterocycles. The monoisotopic (exact) mass is 176 g/mol. The first-order chi connectivity index (χ1) is 6.19. The third-order valence-corrected chi connectivity index (χ3v) is 1.56.